The number of ether oxygens (including phenoxy) is 3. The van der Waals surface area contributed by atoms with Gasteiger partial charge < -0.3 is 39.7 Å². The average molecular weight is 619 g/mol. The van der Waals surface area contributed by atoms with E-state index in [1.165, 1.54) is 0 Å². The summed E-state index contributed by atoms with van der Waals surface area (Å²) in [4.78, 5) is 0. The van der Waals surface area contributed by atoms with Crippen LogP contribution in [0.15, 0.2) is 12.2 Å². The van der Waals surface area contributed by atoms with E-state index in [0.717, 1.165) is 44.9 Å². The minimum Gasteiger partial charge on any atom is -0.396 e. The van der Waals surface area contributed by atoms with Crippen LogP contribution < -0.4 is 0 Å². The van der Waals surface area contributed by atoms with E-state index in [-0.39, 0.29) is 63.3 Å². The fourth-order valence-corrected chi connectivity index (χ4v) is 12.8. The van der Waals surface area contributed by atoms with Gasteiger partial charge in [0.05, 0.1) is 37.1 Å². The van der Waals surface area contributed by atoms with Crippen LogP contribution in [0.3, 0.4) is 0 Å². The Morgan fingerprint density at radius 3 is 2.27 bits per heavy atom. The number of aliphatic hydroxyl groups excluding tert-OH is 5. The third kappa shape index (κ3) is 3.75. The summed E-state index contributed by atoms with van der Waals surface area (Å²) in [5, 5.41) is 54.4. The van der Waals surface area contributed by atoms with Crippen molar-refractivity contribution in [1.82, 2.24) is 0 Å². The van der Waals surface area contributed by atoms with E-state index in [0.29, 0.717) is 18.9 Å². The molecular weight excluding hydrogens is 560 g/mol. The summed E-state index contributed by atoms with van der Waals surface area (Å²) in [7, 11) is 0. The monoisotopic (exact) mass is 618 g/mol. The molecule has 44 heavy (non-hydrogen) atoms. The van der Waals surface area contributed by atoms with Gasteiger partial charge in [-0.15, -0.1) is 0 Å². The maximum absolute atomic E-state index is 12.0. The Bertz CT molecular complexity index is 1190. The smallest absolute Gasteiger partial charge is 0.186 e. The first kappa shape index (κ1) is 32.0. The van der Waals surface area contributed by atoms with Crippen LogP contribution >= 0.6 is 0 Å². The van der Waals surface area contributed by atoms with Gasteiger partial charge in [0.2, 0.25) is 0 Å². The molecular formula is C36H58O8. The maximum atomic E-state index is 12.0. The summed E-state index contributed by atoms with van der Waals surface area (Å²) in [5.41, 5.74) is -1.36. The molecule has 8 heteroatoms. The van der Waals surface area contributed by atoms with Gasteiger partial charge in [0.1, 0.15) is 18.3 Å². The number of aliphatic hydroxyl groups is 5. The van der Waals surface area contributed by atoms with Gasteiger partial charge in [-0.25, -0.2) is 0 Å². The SMILES string of the molecule is C[C@H]1O[C@@H](O[C@H]2CC[C@@]3(C)[C@@H](CC[C@]4(C)[C@@H]3C=CC35OC[C@@]6(CCC(C)(C)CC36)[C@@H](O)C[C@]54C)[C@]2(C)CO)[C@H](O)[C@@H](O)[C@H]1O. The Morgan fingerprint density at radius 1 is 0.841 bits per heavy atom. The van der Waals surface area contributed by atoms with Crippen LogP contribution in [0, 0.1) is 50.2 Å². The Morgan fingerprint density at radius 2 is 1.57 bits per heavy atom. The molecule has 2 bridgehead atoms. The summed E-state index contributed by atoms with van der Waals surface area (Å²) in [6.45, 7) is 16.4. The molecule has 2 unspecified atom stereocenters. The number of allylic oxidation sites excluding steroid dienone is 1. The van der Waals surface area contributed by atoms with Crippen molar-refractivity contribution in [3.8, 4) is 0 Å². The molecule has 5 aliphatic carbocycles. The maximum Gasteiger partial charge on any atom is 0.186 e. The van der Waals surface area contributed by atoms with Crippen LogP contribution in [-0.4, -0.2) is 87.3 Å². The molecule has 7 rings (SSSR count). The van der Waals surface area contributed by atoms with Gasteiger partial charge in [0, 0.05) is 22.2 Å². The molecule has 2 aliphatic heterocycles. The van der Waals surface area contributed by atoms with E-state index in [1.807, 2.05) is 0 Å². The van der Waals surface area contributed by atoms with Crippen LogP contribution in [0.1, 0.15) is 99.8 Å². The Kier molecular flexibility index (Phi) is 7.08. The van der Waals surface area contributed by atoms with E-state index >= 15 is 0 Å². The minimum absolute atomic E-state index is 0.0582. The van der Waals surface area contributed by atoms with Crippen LogP contribution in [0.5, 0.6) is 0 Å². The molecule has 7 aliphatic rings. The van der Waals surface area contributed by atoms with E-state index in [2.05, 4.69) is 53.7 Å². The predicted octanol–water partition coefficient (Wildman–Crippen LogP) is 3.95. The first-order valence-corrected chi connectivity index (χ1v) is 17.4. The molecule has 0 aromatic heterocycles. The Hall–Kier alpha value is -0.580. The average Bonchev–Trinajstić information content (AvgIpc) is 3.24. The zero-order valence-corrected chi connectivity index (χ0v) is 28.0. The molecule has 2 heterocycles. The third-order valence-corrected chi connectivity index (χ3v) is 15.8. The van der Waals surface area contributed by atoms with E-state index in [9.17, 15) is 25.5 Å². The largest absolute Gasteiger partial charge is 0.396 e. The fourth-order valence-electron chi connectivity index (χ4n) is 12.8. The second kappa shape index (κ2) is 9.74. The molecule has 0 radical (unpaired) electrons. The Balaban J connectivity index is 1.23. The van der Waals surface area contributed by atoms with Crippen LogP contribution in [-0.2, 0) is 14.2 Å². The molecule has 1 spiro atoms. The molecule has 0 aromatic carbocycles. The summed E-state index contributed by atoms with van der Waals surface area (Å²) in [6, 6.07) is 0. The van der Waals surface area contributed by atoms with Crippen molar-refractivity contribution in [2.24, 2.45) is 50.2 Å². The highest BCUT2D eigenvalue weighted by atomic mass is 16.7. The highest BCUT2D eigenvalue weighted by Gasteiger charge is 2.79. The normalized spacial score (nSPS) is 61.0. The van der Waals surface area contributed by atoms with Crippen LogP contribution in [0.25, 0.3) is 0 Å². The standard InChI is InChI=1S/C36H58O8/c1-20-26(39)27(40)28(41)29(43-20)44-25-10-11-31(4)21(32(25,5)18-37)8-12-33(6)22(31)9-13-36-23-16-30(2,3)14-15-35(23,19-42-36)24(38)17-34(33,36)7/h9,13,20-29,37-41H,8,10-12,14-19H2,1-7H3/t20-,21-,22-,23?,24+,25+,26+,27+,28-,29+,31+,32+,33-,34+,35-,36?/m1/s1. The third-order valence-electron chi connectivity index (χ3n) is 15.8. The zero-order valence-electron chi connectivity index (χ0n) is 28.0. The van der Waals surface area contributed by atoms with Crippen molar-refractivity contribution in [1.29, 1.82) is 0 Å². The molecule has 8 nitrogen and oxygen atoms in total. The lowest BCUT2D eigenvalue weighted by molar-refractivity contribution is -0.329. The van der Waals surface area contributed by atoms with Gasteiger partial charge in [-0.3, -0.25) is 0 Å². The molecule has 6 fully saturated rings. The highest BCUT2D eigenvalue weighted by molar-refractivity contribution is 5.36. The van der Waals surface area contributed by atoms with Crippen molar-refractivity contribution < 1.29 is 39.7 Å². The van der Waals surface area contributed by atoms with Crippen molar-refractivity contribution in [3.05, 3.63) is 12.2 Å². The van der Waals surface area contributed by atoms with Crippen molar-refractivity contribution >= 4 is 0 Å². The molecule has 5 N–H and O–H groups in total. The quantitative estimate of drug-likeness (QED) is 0.238. The second-order valence-electron chi connectivity index (χ2n) is 18.1. The molecule has 16 atom stereocenters. The molecule has 250 valence electrons. The van der Waals surface area contributed by atoms with Gasteiger partial charge in [-0.1, -0.05) is 53.7 Å². The number of hydrogen-bond donors (Lipinski definition) is 5. The Labute approximate surface area is 263 Å². The van der Waals surface area contributed by atoms with E-state index in [4.69, 9.17) is 14.2 Å². The van der Waals surface area contributed by atoms with Crippen LogP contribution in [0.4, 0.5) is 0 Å². The van der Waals surface area contributed by atoms with Crippen LogP contribution in [0.2, 0.25) is 0 Å². The van der Waals surface area contributed by atoms with Gasteiger partial charge in [0.25, 0.3) is 0 Å². The molecule has 0 amide bonds. The summed E-state index contributed by atoms with van der Waals surface area (Å²) in [6.07, 6.45) is 5.98. The lowest BCUT2D eigenvalue weighted by atomic mass is 9.32. The number of fused-ring (bicyclic) bond motifs is 4. The van der Waals surface area contributed by atoms with Crippen molar-refractivity contribution in [2.75, 3.05) is 13.2 Å². The predicted molar refractivity (Wildman–Crippen MR) is 164 cm³/mol. The second-order valence-corrected chi connectivity index (χ2v) is 18.1. The minimum atomic E-state index is -1.37. The fraction of sp³-hybridized carbons (Fsp3) is 0.944. The van der Waals surface area contributed by atoms with Gasteiger partial charge in [-0.05, 0) is 86.4 Å². The van der Waals surface area contributed by atoms with Gasteiger partial charge >= 0.3 is 0 Å². The van der Waals surface area contributed by atoms with Gasteiger partial charge in [0.15, 0.2) is 6.29 Å². The van der Waals surface area contributed by atoms with E-state index in [1.54, 1.807) is 6.92 Å². The topological polar surface area (TPSA) is 129 Å². The number of hydrogen-bond acceptors (Lipinski definition) is 8. The lowest BCUT2D eigenvalue weighted by Gasteiger charge is -2.73. The zero-order chi connectivity index (χ0) is 31.9. The highest BCUT2D eigenvalue weighted by Crippen LogP contribution is 2.79. The first-order chi connectivity index (χ1) is 20.4. The lowest BCUT2D eigenvalue weighted by Crippen LogP contribution is -2.72. The summed E-state index contributed by atoms with van der Waals surface area (Å²) < 4.78 is 19.4. The van der Waals surface area contributed by atoms with Crippen molar-refractivity contribution in [3.63, 3.8) is 0 Å². The first-order valence-electron chi connectivity index (χ1n) is 17.4. The van der Waals surface area contributed by atoms with Crippen molar-refractivity contribution in [2.45, 2.75) is 148 Å². The van der Waals surface area contributed by atoms with E-state index < -0.39 is 36.1 Å². The molecule has 4 saturated carbocycles. The van der Waals surface area contributed by atoms with Gasteiger partial charge in [-0.2, -0.15) is 0 Å². The molecule has 0 aromatic rings. The number of rotatable bonds is 3. The summed E-state index contributed by atoms with van der Waals surface area (Å²) in [5.74, 6) is 0.695. The summed E-state index contributed by atoms with van der Waals surface area (Å²) >= 11 is 0. The molecule has 2 saturated heterocycles.